The fourth-order valence-corrected chi connectivity index (χ4v) is 2.16. The van der Waals surface area contributed by atoms with Crippen molar-refractivity contribution in [3.8, 4) is 5.75 Å². The van der Waals surface area contributed by atoms with Crippen molar-refractivity contribution < 1.29 is 19.1 Å². The first-order chi connectivity index (χ1) is 9.81. The molecule has 0 aliphatic heterocycles. The van der Waals surface area contributed by atoms with Gasteiger partial charge in [-0.05, 0) is 68.0 Å². The van der Waals surface area contributed by atoms with Crippen molar-refractivity contribution in [2.45, 2.75) is 32.8 Å². The van der Waals surface area contributed by atoms with Crippen molar-refractivity contribution in [1.29, 1.82) is 0 Å². The van der Waals surface area contributed by atoms with E-state index in [0.29, 0.717) is 25.1 Å². The predicted molar refractivity (Wildman–Crippen MR) is 88.9 cm³/mol. The molecule has 1 N–H and O–H groups in total. The van der Waals surface area contributed by atoms with Gasteiger partial charge in [0.25, 0.3) is 0 Å². The van der Waals surface area contributed by atoms with Gasteiger partial charge in [-0.3, -0.25) is 4.79 Å². The Labute approximate surface area is 138 Å². The molecule has 0 aliphatic carbocycles. The third-order valence-electron chi connectivity index (χ3n) is 2.34. The highest BCUT2D eigenvalue weighted by atomic mass is 127. The number of aldehydes is 1. The first-order valence-corrected chi connectivity index (χ1v) is 7.74. The third-order valence-corrected chi connectivity index (χ3v) is 3.18. The number of rotatable bonds is 6. The smallest absolute Gasteiger partial charge is 0.407 e. The van der Waals surface area contributed by atoms with Crippen LogP contribution >= 0.6 is 22.6 Å². The van der Waals surface area contributed by atoms with Crippen LogP contribution in [0.3, 0.4) is 0 Å². The number of benzene rings is 1. The van der Waals surface area contributed by atoms with Crippen molar-refractivity contribution in [2.75, 3.05) is 13.2 Å². The highest BCUT2D eigenvalue weighted by Gasteiger charge is 2.15. The molecule has 21 heavy (non-hydrogen) atoms. The minimum atomic E-state index is -0.489. The Kier molecular flexibility index (Phi) is 6.94. The molecule has 0 unspecified atom stereocenters. The van der Waals surface area contributed by atoms with E-state index in [2.05, 4.69) is 27.9 Å². The van der Waals surface area contributed by atoms with Crippen LogP contribution in [-0.4, -0.2) is 31.1 Å². The SMILES string of the molecule is CC(C)(C)OC(=O)NCCCOc1ccc(C=O)cc1I. The molecule has 0 heterocycles. The largest absolute Gasteiger partial charge is 0.492 e. The lowest BCUT2D eigenvalue weighted by atomic mass is 10.2. The number of halogens is 1. The molecule has 0 radical (unpaired) electrons. The highest BCUT2D eigenvalue weighted by Crippen LogP contribution is 2.21. The van der Waals surface area contributed by atoms with Gasteiger partial charge in [-0.2, -0.15) is 0 Å². The quantitative estimate of drug-likeness (QED) is 0.448. The standard InChI is InChI=1S/C15H20INO4/c1-15(2,3)21-14(19)17-7-4-8-20-13-6-5-11(10-18)9-12(13)16/h5-6,9-10H,4,7-8H2,1-3H3,(H,17,19). The van der Waals surface area contributed by atoms with Gasteiger partial charge in [-0.1, -0.05) is 0 Å². The Morgan fingerprint density at radius 3 is 2.67 bits per heavy atom. The average molecular weight is 405 g/mol. The van der Waals surface area contributed by atoms with Crippen molar-refractivity contribution >= 4 is 35.0 Å². The van der Waals surface area contributed by atoms with Gasteiger partial charge >= 0.3 is 6.09 Å². The number of alkyl carbamates (subject to hydrolysis) is 1. The molecule has 0 atom stereocenters. The summed E-state index contributed by atoms with van der Waals surface area (Å²) in [6.45, 7) is 6.42. The normalized spacial score (nSPS) is 10.9. The van der Waals surface area contributed by atoms with Crippen LogP contribution in [0.2, 0.25) is 0 Å². The molecule has 0 spiro atoms. The van der Waals surface area contributed by atoms with E-state index in [4.69, 9.17) is 9.47 Å². The van der Waals surface area contributed by atoms with E-state index < -0.39 is 11.7 Å². The van der Waals surface area contributed by atoms with Crippen LogP contribution < -0.4 is 10.1 Å². The molecule has 116 valence electrons. The second-order valence-electron chi connectivity index (χ2n) is 5.44. The van der Waals surface area contributed by atoms with Gasteiger partial charge in [0.2, 0.25) is 0 Å². The first kappa shape index (κ1) is 17.7. The summed E-state index contributed by atoms with van der Waals surface area (Å²) in [6.07, 6.45) is 1.05. The van der Waals surface area contributed by atoms with Crippen LogP contribution in [0.15, 0.2) is 18.2 Å². The topological polar surface area (TPSA) is 64.6 Å². The number of nitrogens with one attached hydrogen (secondary N) is 1. The lowest BCUT2D eigenvalue weighted by Gasteiger charge is -2.19. The monoisotopic (exact) mass is 405 g/mol. The summed E-state index contributed by atoms with van der Waals surface area (Å²) < 4.78 is 11.6. The molecule has 1 aromatic carbocycles. The number of ether oxygens (including phenoxy) is 2. The van der Waals surface area contributed by atoms with Gasteiger partial charge in [0, 0.05) is 12.1 Å². The molecule has 6 heteroatoms. The minimum absolute atomic E-state index is 0.424. The summed E-state index contributed by atoms with van der Waals surface area (Å²) >= 11 is 2.12. The average Bonchev–Trinajstić information content (AvgIpc) is 2.37. The summed E-state index contributed by atoms with van der Waals surface area (Å²) in [5, 5.41) is 2.67. The van der Waals surface area contributed by atoms with Gasteiger partial charge in [-0.25, -0.2) is 4.79 Å². The summed E-state index contributed by atoms with van der Waals surface area (Å²) in [7, 11) is 0. The van der Waals surface area contributed by atoms with Gasteiger partial charge in [0.1, 0.15) is 17.6 Å². The van der Waals surface area contributed by atoms with E-state index in [-0.39, 0.29) is 0 Å². The number of amides is 1. The van der Waals surface area contributed by atoms with Gasteiger partial charge in [0.15, 0.2) is 0 Å². The zero-order valence-electron chi connectivity index (χ0n) is 12.4. The van der Waals surface area contributed by atoms with Gasteiger partial charge in [-0.15, -0.1) is 0 Å². The second kappa shape index (κ2) is 8.21. The fraction of sp³-hybridized carbons (Fsp3) is 0.467. The molecule has 0 aromatic heterocycles. The van der Waals surface area contributed by atoms with E-state index in [1.807, 2.05) is 20.8 Å². The molecule has 0 saturated heterocycles. The van der Waals surface area contributed by atoms with Crippen LogP contribution in [0.4, 0.5) is 4.79 Å². The Balaban J connectivity index is 2.26. The van der Waals surface area contributed by atoms with Crippen LogP contribution in [-0.2, 0) is 4.74 Å². The van der Waals surface area contributed by atoms with E-state index in [1.54, 1.807) is 18.2 Å². The molecule has 1 rings (SSSR count). The lowest BCUT2D eigenvalue weighted by Crippen LogP contribution is -2.33. The maximum Gasteiger partial charge on any atom is 0.407 e. The van der Waals surface area contributed by atoms with E-state index >= 15 is 0 Å². The molecular formula is C15H20INO4. The fourth-order valence-electron chi connectivity index (χ4n) is 1.47. The molecule has 5 nitrogen and oxygen atoms in total. The number of hydrogen-bond donors (Lipinski definition) is 1. The van der Waals surface area contributed by atoms with Crippen LogP contribution in [0, 0.1) is 3.57 Å². The molecule has 1 aromatic rings. The third kappa shape index (κ3) is 7.31. The van der Waals surface area contributed by atoms with E-state index in [0.717, 1.165) is 15.6 Å². The number of carbonyl (C=O) groups is 2. The maximum absolute atomic E-state index is 11.4. The predicted octanol–water partition coefficient (Wildman–Crippen LogP) is 3.40. The van der Waals surface area contributed by atoms with E-state index in [9.17, 15) is 9.59 Å². The van der Waals surface area contributed by atoms with Crippen LogP contribution in [0.5, 0.6) is 5.75 Å². The first-order valence-electron chi connectivity index (χ1n) is 6.66. The molecule has 0 fully saturated rings. The second-order valence-corrected chi connectivity index (χ2v) is 6.60. The molecule has 0 aliphatic rings. The van der Waals surface area contributed by atoms with Gasteiger partial charge < -0.3 is 14.8 Å². The summed E-state index contributed by atoms with van der Waals surface area (Å²) in [5.41, 5.74) is 0.134. The Morgan fingerprint density at radius 2 is 2.10 bits per heavy atom. The minimum Gasteiger partial charge on any atom is -0.492 e. The summed E-state index contributed by atoms with van der Waals surface area (Å²) in [6, 6.07) is 5.25. The highest BCUT2D eigenvalue weighted by molar-refractivity contribution is 14.1. The summed E-state index contributed by atoms with van der Waals surface area (Å²) in [4.78, 5) is 22.0. The Bertz CT molecular complexity index is 497. The van der Waals surface area contributed by atoms with Crippen molar-refractivity contribution in [2.24, 2.45) is 0 Å². The van der Waals surface area contributed by atoms with Gasteiger partial charge in [0.05, 0.1) is 10.2 Å². The van der Waals surface area contributed by atoms with Crippen molar-refractivity contribution in [1.82, 2.24) is 5.32 Å². The Hall–Kier alpha value is -1.31. The number of carbonyl (C=O) groups excluding carboxylic acids is 2. The lowest BCUT2D eigenvalue weighted by molar-refractivity contribution is 0.0525. The molecule has 0 saturated carbocycles. The molecular weight excluding hydrogens is 385 g/mol. The molecule has 1 amide bonds. The maximum atomic E-state index is 11.4. The Morgan fingerprint density at radius 1 is 1.38 bits per heavy atom. The van der Waals surface area contributed by atoms with E-state index in [1.165, 1.54) is 0 Å². The van der Waals surface area contributed by atoms with Crippen molar-refractivity contribution in [3.05, 3.63) is 27.3 Å². The molecule has 0 bridgehead atoms. The zero-order valence-corrected chi connectivity index (χ0v) is 14.6. The summed E-state index contributed by atoms with van der Waals surface area (Å²) in [5.74, 6) is 0.735. The van der Waals surface area contributed by atoms with Crippen molar-refractivity contribution in [3.63, 3.8) is 0 Å². The number of hydrogen-bond acceptors (Lipinski definition) is 4. The zero-order chi connectivity index (χ0) is 15.9. The van der Waals surface area contributed by atoms with Crippen LogP contribution in [0.1, 0.15) is 37.6 Å². The van der Waals surface area contributed by atoms with Crippen LogP contribution in [0.25, 0.3) is 0 Å².